The molecule has 0 spiro atoms. The lowest BCUT2D eigenvalue weighted by molar-refractivity contribution is -0.127. The van der Waals surface area contributed by atoms with E-state index in [9.17, 15) is 13.6 Å². The molecule has 0 bridgehead atoms. The number of nitrogens with one attached hydrogen (secondary N) is 1. The number of amides is 1. The van der Waals surface area contributed by atoms with Gasteiger partial charge in [0.05, 0.1) is 5.02 Å². The molecule has 0 saturated carbocycles. The Morgan fingerprint density at radius 1 is 1.12 bits per heavy atom. The Kier molecular flexibility index (Phi) is 6.84. The van der Waals surface area contributed by atoms with E-state index in [0.717, 1.165) is 5.56 Å². The van der Waals surface area contributed by atoms with E-state index in [1.807, 2.05) is 0 Å². The smallest absolute Gasteiger partial charge is 0.387 e. The molecule has 0 aliphatic rings. The summed E-state index contributed by atoms with van der Waals surface area (Å²) in [6.45, 7) is -1.08. The van der Waals surface area contributed by atoms with Crippen molar-refractivity contribution < 1.29 is 23.0 Å². The second-order valence-electron chi connectivity index (χ2n) is 5.05. The van der Waals surface area contributed by atoms with Crippen LogP contribution in [-0.2, 0) is 11.3 Å². The van der Waals surface area contributed by atoms with Gasteiger partial charge in [-0.2, -0.15) is 8.78 Å². The number of carbonyl (C=O) groups excluding carboxylic acids is 1. The van der Waals surface area contributed by atoms with Crippen LogP contribution in [0.3, 0.4) is 0 Å². The number of benzene rings is 2. The van der Waals surface area contributed by atoms with E-state index in [1.54, 1.807) is 37.3 Å². The van der Waals surface area contributed by atoms with Gasteiger partial charge >= 0.3 is 6.61 Å². The van der Waals surface area contributed by atoms with Gasteiger partial charge in [-0.25, -0.2) is 0 Å². The van der Waals surface area contributed by atoms with Gasteiger partial charge in [-0.05, 0) is 36.8 Å². The lowest BCUT2D eigenvalue weighted by Crippen LogP contribution is -2.35. The largest absolute Gasteiger partial charge is 0.479 e. The zero-order valence-electron chi connectivity index (χ0n) is 13.1. The molecular formula is C17H15Cl2F2NO3. The predicted octanol–water partition coefficient (Wildman–Crippen LogP) is 4.68. The highest BCUT2D eigenvalue weighted by molar-refractivity contribution is 6.42. The molecule has 0 heterocycles. The topological polar surface area (TPSA) is 47.6 Å². The molecule has 134 valence electrons. The number of rotatable bonds is 7. The van der Waals surface area contributed by atoms with Gasteiger partial charge in [0, 0.05) is 6.54 Å². The number of halogens is 4. The van der Waals surface area contributed by atoms with Crippen molar-refractivity contribution in [1.29, 1.82) is 0 Å². The van der Waals surface area contributed by atoms with E-state index >= 15 is 0 Å². The fraction of sp³-hybridized carbons (Fsp3) is 0.235. The fourth-order valence-electron chi connectivity index (χ4n) is 1.94. The SMILES string of the molecule is CC(Oc1cccc(Cl)c1Cl)C(=O)NCc1ccc(OC(F)F)cc1. The molecule has 0 fully saturated rings. The third-order valence-electron chi connectivity index (χ3n) is 3.20. The van der Waals surface area contributed by atoms with Crippen molar-refractivity contribution in [2.24, 2.45) is 0 Å². The first-order valence-corrected chi connectivity index (χ1v) is 8.04. The van der Waals surface area contributed by atoms with Crippen LogP contribution in [0.2, 0.25) is 10.0 Å². The van der Waals surface area contributed by atoms with Crippen LogP contribution in [0.1, 0.15) is 12.5 Å². The number of hydrogen-bond donors (Lipinski definition) is 1. The second kappa shape index (κ2) is 8.87. The molecule has 1 unspecified atom stereocenters. The average Bonchev–Trinajstić information content (AvgIpc) is 2.57. The minimum Gasteiger partial charge on any atom is -0.479 e. The summed E-state index contributed by atoms with van der Waals surface area (Å²) < 4.78 is 33.9. The van der Waals surface area contributed by atoms with E-state index in [4.69, 9.17) is 27.9 Å². The standard InChI is InChI=1S/C17H15Cl2F2NO3/c1-10(24-14-4-2-3-13(18)15(14)19)16(23)22-9-11-5-7-12(8-6-11)25-17(20)21/h2-8,10,17H,9H2,1H3,(H,22,23). The van der Waals surface area contributed by atoms with Crippen LogP contribution >= 0.6 is 23.2 Å². The summed E-state index contributed by atoms with van der Waals surface area (Å²) >= 11 is 11.9. The highest BCUT2D eigenvalue weighted by Crippen LogP contribution is 2.32. The predicted molar refractivity (Wildman–Crippen MR) is 91.5 cm³/mol. The van der Waals surface area contributed by atoms with Crippen molar-refractivity contribution in [3.05, 3.63) is 58.1 Å². The van der Waals surface area contributed by atoms with Crippen molar-refractivity contribution in [1.82, 2.24) is 5.32 Å². The van der Waals surface area contributed by atoms with Crippen LogP contribution in [0.25, 0.3) is 0 Å². The summed E-state index contributed by atoms with van der Waals surface area (Å²) in [5, 5.41) is 3.25. The molecule has 0 aromatic heterocycles. The molecule has 4 nitrogen and oxygen atoms in total. The molecule has 1 atom stereocenters. The highest BCUT2D eigenvalue weighted by Gasteiger charge is 2.16. The Hall–Kier alpha value is -2.05. The second-order valence-corrected chi connectivity index (χ2v) is 5.84. The quantitative estimate of drug-likeness (QED) is 0.747. The minimum atomic E-state index is -2.87. The van der Waals surface area contributed by atoms with E-state index in [0.29, 0.717) is 10.8 Å². The lowest BCUT2D eigenvalue weighted by Gasteiger charge is -2.16. The van der Waals surface area contributed by atoms with E-state index in [2.05, 4.69) is 10.1 Å². The molecule has 25 heavy (non-hydrogen) atoms. The molecule has 0 saturated heterocycles. The van der Waals surface area contributed by atoms with E-state index in [-0.39, 0.29) is 23.2 Å². The van der Waals surface area contributed by atoms with E-state index in [1.165, 1.54) is 12.1 Å². The number of alkyl halides is 2. The van der Waals surface area contributed by atoms with Crippen molar-refractivity contribution in [3.63, 3.8) is 0 Å². The molecule has 2 aromatic carbocycles. The molecule has 0 aliphatic carbocycles. The van der Waals surface area contributed by atoms with Crippen molar-refractivity contribution >= 4 is 29.1 Å². The zero-order chi connectivity index (χ0) is 18.4. The van der Waals surface area contributed by atoms with Crippen LogP contribution in [0.15, 0.2) is 42.5 Å². The van der Waals surface area contributed by atoms with Gasteiger partial charge in [-0.15, -0.1) is 0 Å². The van der Waals surface area contributed by atoms with Gasteiger partial charge in [0.25, 0.3) is 5.91 Å². The first-order chi connectivity index (χ1) is 11.9. The van der Waals surface area contributed by atoms with Crippen molar-refractivity contribution in [2.75, 3.05) is 0 Å². The summed E-state index contributed by atoms with van der Waals surface area (Å²) in [7, 11) is 0. The minimum absolute atomic E-state index is 0.0531. The third kappa shape index (κ3) is 5.76. The molecule has 0 radical (unpaired) electrons. The van der Waals surface area contributed by atoms with Crippen LogP contribution in [0.4, 0.5) is 8.78 Å². The summed E-state index contributed by atoms with van der Waals surface area (Å²) in [5.41, 5.74) is 0.725. The van der Waals surface area contributed by atoms with Gasteiger partial charge in [0.1, 0.15) is 16.5 Å². The van der Waals surface area contributed by atoms with Crippen LogP contribution in [-0.4, -0.2) is 18.6 Å². The number of ether oxygens (including phenoxy) is 2. The van der Waals surface area contributed by atoms with Gasteiger partial charge in [-0.1, -0.05) is 41.4 Å². The summed E-state index contributed by atoms with van der Waals surface area (Å²) in [4.78, 5) is 12.1. The normalized spacial score (nSPS) is 11.9. The monoisotopic (exact) mass is 389 g/mol. The Bertz CT molecular complexity index is 726. The highest BCUT2D eigenvalue weighted by atomic mass is 35.5. The van der Waals surface area contributed by atoms with Crippen LogP contribution < -0.4 is 14.8 Å². The maximum absolute atomic E-state index is 12.1. The van der Waals surface area contributed by atoms with Crippen LogP contribution in [0, 0.1) is 0 Å². The van der Waals surface area contributed by atoms with Gasteiger partial charge in [0.2, 0.25) is 0 Å². The first-order valence-electron chi connectivity index (χ1n) is 7.29. The Morgan fingerprint density at radius 2 is 1.80 bits per heavy atom. The molecule has 0 aliphatic heterocycles. The molecule has 8 heteroatoms. The maximum Gasteiger partial charge on any atom is 0.387 e. The zero-order valence-corrected chi connectivity index (χ0v) is 14.7. The van der Waals surface area contributed by atoms with Crippen molar-refractivity contribution in [3.8, 4) is 11.5 Å². The maximum atomic E-state index is 12.1. The van der Waals surface area contributed by atoms with Gasteiger partial charge < -0.3 is 14.8 Å². The third-order valence-corrected chi connectivity index (χ3v) is 4.01. The summed E-state index contributed by atoms with van der Waals surface area (Å²) in [6, 6.07) is 10.9. The molecular weight excluding hydrogens is 375 g/mol. The summed E-state index contributed by atoms with van der Waals surface area (Å²) in [5.74, 6) is 0.00615. The first kappa shape index (κ1) is 19.3. The number of carbonyl (C=O) groups is 1. The average molecular weight is 390 g/mol. The Balaban J connectivity index is 1.88. The Labute approximate surface area is 153 Å². The lowest BCUT2D eigenvalue weighted by atomic mass is 10.2. The number of hydrogen-bond acceptors (Lipinski definition) is 3. The summed E-state index contributed by atoms with van der Waals surface area (Å²) in [6.07, 6.45) is -0.794. The molecule has 1 amide bonds. The molecule has 2 rings (SSSR count). The van der Waals surface area contributed by atoms with Gasteiger partial charge in [-0.3, -0.25) is 4.79 Å². The Morgan fingerprint density at radius 3 is 2.44 bits per heavy atom. The van der Waals surface area contributed by atoms with Gasteiger partial charge in [0.15, 0.2) is 6.10 Å². The van der Waals surface area contributed by atoms with Crippen LogP contribution in [0.5, 0.6) is 11.5 Å². The molecule has 1 N–H and O–H groups in total. The van der Waals surface area contributed by atoms with Crippen molar-refractivity contribution in [2.45, 2.75) is 26.2 Å². The van der Waals surface area contributed by atoms with E-state index < -0.39 is 12.7 Å². The fourth-order valence-corrected chi connectivity index (χ4v) is 2.28. The molecule has 2 aromatic rings.